The summed E-state index contributed by atoms with van der Waals surface area (Å²) in [5.41, 5.74) is 0. The van der Waals surface area contributed by atoms with Crippen molar-refractivity contribution in [3.05, 3.63) is 36.5 Å². The summed E-state index contributed by atoms with van der Waals surface area (Å²) in [6, 6.07) is 0. The van der Waals surface area contributed by atoms with Gasteiger partial charge in [0.25, 0.3) is 0 Å². The highest BCUT2D eigenvalue weighted by atomic mass is 31.2. The van der Waals surface area contributed by atoms with E-state index >= 15 is 0 Å². The van der Waals surface area contributed by atoms with Crippen molar-refractivity contribution in [3.8, 4) is 0 Å². The molecule has 14 nitrogen and oxygen atoms in total. The summed E-state index contributed by atoms with van der Waals surface area (Å²) in [4.78, 5) is 52.5. The largest absolute Gasteiger partial charge is 0.472 e. The van der Waals surface area contributed by atoms with Gasteiger partial charge in [0.1, 0.15) is 12.7 Å². The van der Waals surface area contributed by atoms with E-state index in [9.17, 15) is 33.8 Å². The number of rotatable bonds is 37. The Balaban J connectivity index is 4.61. The highest BCUT2D eigenvalue weighted by molar-refractivity contribution is 7.47. The number of esters is 2. The monoisotopic (exact) mass is 826 g/mol. The Hall–Kier alpha value is -1.70. The first-order chi connectivity index (χ1) is 26.1. The third kappa shape index (κ3) is 38.9. The van der Waals surface area contributed by atoms with Crippen molar-refractivity contribution in [1.82, 2.24) is 0 Å². The predicted octanol–water partition coefficient (Wildman–Crippen LogP) is 8.55. The van der Waals surface area contributed by atoms with Crippen molar-refractivity contribution >= 4 is 27.6 Å². The Kier molecular flexibility index (Phi) is 33.3. The minimum Gasteiger partial charge on any atom is -0.462 e. The van der Waals surface area contributed by atoms with Crippen molar-refractivity contribution in [2.75, 3.05) is 26.4 Å². The fourth-order valence-corrected chi connectivity index (χ4v) is 6.37. The number of unbranched alkanes of at least 4 members (excludes halogenated alkanes) is 13. The van der Waals surface area contributed by atoms with E-state index < -0.39 is 72.3 Å². The third-order valence-corrected chi connectivity index (χ3v) is 9.73. The number of hydrogen-bond donors (Lipinski definition) is 5. The van der Waals surface area contributed by atoms with Crippen molar-refractivity contribution in [1.29, 1.82) is 0 Å². The average Bonchev–Trinajstić information content (AvgIpc) is 3.12. The molecule has 0 aliphatic carbocycles. The molecule has 0 heterocycles. The summed E-state index contributed by atoms with van der Waals surface area (Å²) in [7, 11) is -9.68. The minimum atomic E-state index is -4.87. The first kappa shape index (κ1) is 53.3. The second-order valence-corrected chi connectivity index (χ2v) is 16.9. The Labute approximate surface area is 329 Å². The molecule has 0 spiro atoms. The lowest BCUT2D eigenvalue weighted by Gasteiger charge is -2.20. The van der Waals surface area contributed by atoms with Crippen molar-refractivity contribution in [2.45, 2.75) is 167 Å². The summed E-state index contributed by atoms with van der Waals surface area (Å²) in [5.74, 6) is -0.339. The Morgan fingerprint density at radius 1 is 0.636 bits per heavy atom. The first-order valence-electron chi connectivity index (χ1n) is 20.1. The lowest BCUT2D eigenvalue weighted by molar-refractivity contribution is -0.161. The molecule has 0 saturated carbocycles. The van der Waals surface area contributed by atoms with E-state index in [4.69, 9.17) is 23.8 Å². The van der Waals surface area contributed by atoms with Crippen molar-refractivity contribution in [3.63, 3.8) is 0 Å². The smallest absolute Gasteiger partial charge is 0.462 e. The van der Waals surface area contributed by atoms with Crippen LogP contribution < -0.4 is 0 Å². The molecular formula is C39H72O14P2. The molecule has 0 bridgehead atoms. The molecule has 0 aliphatic rings. The van der Waals surface area contributed by atoms with Gasteiger partial charge in [0.15, 0.2) is 6.10 Å². The fourth-order valence-electron chi connectivity index (χ4n) is 5.21. The van der Waals surface area contributed by atoms with E-state index in [0.29, 0.717) is 19.3 Å². The van der Waals surface area contributed by atoms with Gasteiger partial charge in [-0.25, -0.2) is 9.13 Å². The number of carbonyl (C=O) groups excluding carboxylic acids is 2. The van der Waals surface area contributed by atoms with E-state index in [2.05, 4.69) is 29.0 Å². The molecule has 0 amide bonds. The van der Waals surface area contributed by atoms with Crippen LogP contribution >= 0.6 is 15.6 Å². The lowest BCUT2D eigenvalue weighted by Crippen LogP contribution is -2.30. The normalized spacial score (nSPS) is 15.2. The number of allylic oxidation sites excluding steroid dienone is 4. The van der Waals surface area contributed by atoms with E-state index in [0.717, 1.165) is 70.1 Å². The van der Waals surface area contributed by atoms with Gasteiger partial charge in [-0.3, -0.25) is 23.2 Å². The molecule has 16 heteroatoms. The third-order valence-electron chi connectivity index (χ3n) is 8.29. The fraction of sp³-hybridized carbons (Fsp3) is 0.795. The zero-order valence-electron chi connectivity index (χ0n) is 33.5. The van der Waals surface area contributed by atoms with Gasteiger partial charge >= 0.3 is 27.6 Å². The van der Waals surface area contributed by atoms with Gasteiger partial charge in [-0.15, -0.1) is 0 Å². The van der Waals surface area contributed by atoms with Crippen LogP contribution in [0.3, 0.4) is 0 Å². The molecule has 0 aromatic rings. The van der Waals surface area contributed by atoms with Gasteiger partial charge in [0, 0.05) is 12.8 Å². The lowest BCUT2D eigenvalue weighted by atomic mass is 10.0. The second-order valence-electron chi connectivity index (χ2n) is 14.2. The molecule has 4 atom stereocenters. The first-order valence-corrected chi connectivity index (χ1v) is 23.2. The molecule has 0 fully saturated rings. The number of aliphatic hydroxyl groups is 2. The summed E-state index contributed by atoms with van der Waals surface area (Å²) in [6.45, 7) is 3.77. The van der Waals surface area contributed by atoms with Gasteiger partial charge in [0.05, 0.1) is 25.9 Å². The van der Waals surface area contributed by atoms with Crippen LogP contribution in [0.15, 0.2) is 36.5 Å². The molecule has 0 aromatic heterocycles. The molecule has 0 aromatic carbocycles. The molecule has 55 heavy (non-hydrogen) atoms. The summed E-state index contributed by atoms with van der Waals surface area (Å²) < 4.78 is 47.6. The SMILES string of the molecule is CC/C=C/CC(O)/C=C/C=C/CCCCCCCC(=O)OC[C@H](COP(=O)(O)OC[C@@H](O)COP(=O)(O)O)OC(=O)CCCCCCCCCCCC(C)C. The summed E-state index contributed by atoms with van der Waals surface area (Å²) >= 11 is 0. The van der Waals surface area contributed by atoms with Crippen LogP contribution in [0.1, 0.15) is 149 Å². The van der Waals surface area contributed by atoms with Gasteiger partial charge in [-0.2, -0.15) is 0 Å². The maximum absolute atomic E-state index is 12.6. The average molecular weight is 827 g/mol. The van der Waals surface area contributed by atoms with Crippen LogP contribution in [0.25, 0.3) is 0 Å². The van der Waals surface area contributed by atoms with Crippen LogP contribution in [-0.2, 0) is 41.8 Å². The number of aliphatic hydroxyl groups excluding tert-OH is 2. The maximum Gasteiger partial charge on any atom is 0.472 e. The minimum absolute atomic E-state index is 0.116. The van der Waals surface area contributed by atoms with Gasteiger partial charge in [-0.1, -0.05) is 134 Å². The highest BCUT2D eigenvalue weighted by Crippen LogP contribution is 2.43. The van der Waals surface area contributed by atoms with Crippen LogP contribution in [0, 0.1) is 5.92 Å². The van der Waals surface area contributed by atoms with E-state index in [-0.39, 0.29) is 12.8 Å². The maximum atomic E-state index is 12.6. The Morgan fingerprint density at radius 2 is 1.18 bits per heavy atom. The number of hydrogen-bond acceptors (Lipinski definition) is 11. The van der Waals surface area contributed by atoms with Crippen LogP contribution in [-0.4, -0.2) is 81.6 Å². The second kappa shape index (κ2) is 34.4. The number of ether oxygens (including phenoxy) is 2. The van der Waals surface area contributed by atoms with E-state index in [1.165, 1.54) is 32.1 Å². The molecule has 322 valence electrons. The standard InChI is InChI=1S/C39H72O14P2/c1-4-5-20-26-35(40)27-22-17-13-9-7-10-14-18-23-28-38(42)49-32-37(33-52-55(47,48)51-31-36(41)30-50-54(44,45)46)53-39(43)29-24-19-15-11-6-8-12-16-21-25-34(2)3/h5,13,17,20,22,27,34-37,40-41H,4,6-12,14-16,18-19,21,23-26,28-33H2,1-3H3,(H,47,48)(H2,44,45,46)/b17-13+,20-5+,27-22+/t35?,36-,37+/m0/s1. The van der Waals surface area contributed by atoms with E-state index in [1.54, 1.807) is 6.08 Å². The molecule has 0 aliphatic heterocycles. The molecule has 2 unspecified atom stereocenters. The quantitative estimate of drug-likeness (QED) is 0.0130. The molecular weight excluding hydrogens is 754 g/mol. The molecule has 0 radical (unpaired) electrons. The molecule has 0 rings (SSSR count). The molecule has 0 saturated heterocycles. The van der Waals surface area contributed by atoms with Crippen LogP contribution in [0.4, 0.5) is 0 Å². The zero-order chi connectivity index (χ0) is 41.2. The topological polar surface area (TPSA) is 216 Å². The summed E-state index contributed by atoms with van der Waals surface area (Å²) in [5, 5.41) is 19.6. The Bertz CT molecular complexity index is 1150. The van der Waals surface area contributed by atoms with Crippen LogP contribution in [0.2, 0.25) is 0 Å². The van der Waals surface area contributed by atoms with Crippen LogP contribution in [0.5, 0.6) is 0 Å². The zero-order valence-corrected chi connectivity index (χ0v) is 35.3. The molecule has 5 N–H and O–H groups in total. The number of phosphoric ester groups is 2. The predicted molar refractivity (Wildman–Crippen MR) is 213 cm³/mol. The summed E-state index contributed by atoms with van der Waals surface area (Å²) in [6.07, 6.45) is 26.3. The van der Waals surface area contributed by atoms with Gasteiger partial charge in [0.2, 0.25) is 0 Å². The Morgan fingerprint density at radius 3 is 1.78 bits per heavy atom. The highest BCUT2D eigenvalue weighted by Gasteiger charge is 2.28. The van der Waals surface area contributed by atoms with E-state index in [1.807, 2.05) is 31.2 Å². The van der Waals surface area contributed by atoms with Crippen molar-refractivity contribution in [2.24, 2.45) is 5.92 Å². The van der Waals surface area contributed by atoms with Gasteiger partial charge in [-0.05, 0) is 44.4 Å². The van der Waals surface area contributed by atoms with Crippen molar-refractivity contribution < 1.29 is 66.7 Å². The number of carbonyl (C=O) groups is 2. The number of phosphoric acid groups is 2. The van der Waals surface area contributed by atoms with Gasteiger partial charge < -0.3 is 34.4 Å².